The van der Waals surface area contributed by atoms with Gasteiger partial charge in [0.15, 0.2) is 11.3 Å². The Hall–Kier alpha value is -1.43. The molecular weight excluding hydrogens is 272 g/mol. The zero-order valence-corrected chi connectivity index (χ0v) is 10.0. The van der Waals surface area contributed by atoms with Crippen molar-refractivity contribution in [3.05, 3.63) is 28.6 Å². The van der Waals surface area contributed by atoms with Gasteiger partial charge in [0.1, 0.15) is 4.60 Å². The van der Waals surface area contributed by atoms with Gasteiger partial charge in [-0.15, -0.1) is 0 Å². The number of likely N-dealkylation sites (tertiary alicyclic amines) is 1. The third-order valence-electron chi connectivity index (χ3n) is 2.68. The summed E-state index contributed by atoms with van der Waals surface area (Å²) in [4.78, 5) is 18.1. The van der Waals surface area contributed by atoms with E-state index in [4.69, 9.17) is 0 Å². The van der Waals surface area contributed by atoms with Crippen LogP contribution in [0.2, 0.25) is 0 Å². The summed E-state index contributed by atoms with van der Waals surface area (Å²) in [6, 6.07) is 3.62. The summed E-state index contributed by atoms with van der Waals surface area (Å²) < 4.78 is 2.24. The first-order valence-electron chi connectivity index (χ1n) is 5.06. The number of imidazole rings is 1. The molecule has 3 rings (SSSR count). The zero-order valence-electron chi connectivity index (χ0n) is 8.43. The van der Waals surface area contributed by atoms with Crippen LogP contribution in [0.1, 0.15) is 16.9 Å². The van der Waals surface area contributed by atoms with Gasteiger partial charge in [0.25, 0.3) is 5.91 Å². The van der Waals surface area contributed by atoms with Crippen LogP contribution >= 0.6 is 15.9 Å². The normalized spacial score (nSPS) is 15.2. The second-order valence-corrected chi connectivity index (χ2v) is 4.44. The van der Waals surface area contributed by atoms with E-state index < -0.39 is 0 Å². The fraction of sp³-hybridized carbons (Fsp3) is 0.300. The molecule has 6 heteroatoms. The molecule has 0 unspecified atom stereocenters. The maximum Gasteiger partial charge on any atom is 0.275 e. The van der Waals surface area contributed by atoms with Gasteiger partial charge in [-0.25, -0.2) is 9.50 Å². The zero-order chi connectivity index (χ0) is 11.1. The number of carbonyl (C=O) groups is 1. The van der Waals surface area contributed by atoms with E-state index >= 15 is 0 Å². The summed E-state index contributed by atoms with van der Waals surface area (Å²) in [5.74, 6) is -0.0244. The average molecular weight is 281 g/mol. The molecule has 1 aliphatic heterocycles. The van der Waals surface area contributed by atoms with E-state index in [1.165, 1.54) is 0 Å². The first-order valence-corrected chi connectivity index (χ1v) is 5.85. The maximum atomic E-state index is 12.0. The molecule has 2 aromatic heterocycles. The van der Waals surface area contributed by atoms with E-state index in [1.54, 1.807) is 21.7 Å². The molecule has 3 heterocycles. The van der Waals surface area contributed by atoms with Gasteiger partial charge in [0.05, 0.1) is 0 Å². The highest BCUT2D eigenvalue weighted by atomic mass is 79.9. The summed E-state index contributed by atoms with van der Waals surface area (Å²) >= 11 is 3.36. The summed E-state index contributed by atoms with van der Waals surface area (Å²) in [6.07, 6.45) is 2.74. The molecule has 1 saturated heterocycles. The first-order chi connectivity index (χ1) is 7.77. The molecule has 16 heavy (non-hydrogen) atoms. The van der Waals surface area contributed by atoms with Crippen molar-refractivity contribution < 1.29 is 4.79 Å². The van der Waals surface area contributed by atoms with Crippen molar-refractivity contribution in [2.24, 2.45) is 0 Å². The molecule has 1 amide bonds. The minimum atomic E-state index is -0.0244. The number of carbonyl (C=O) groups excluding carboxylic acids is 1. The molecule has 0 atom stereocenters. The van der Waals surface area contributed by atoms with E-state index in [9.17, 15) is 4.79 Å². The van der Waals surface area contributed by atoms with Crippen LogP contribution in [0.15, 0.2) is 22.9 Å². The monoisotopic (exact) mass is 280 g/mol. The topological polar surface area (TPSA) is 50.5 Å². The van der Waals surface area contributed by atoms with Crippen LogP contribution in [0.5, 0.6) is 0 Å². The Labute approximate surface area is 100 Å². The molecule has 2 aromatic rings. The molecule has 0 saturated carbocycles. The summed E-state index contributed by atoms with van der Waals surface area (Å²) in [7, 11) is 0. The minimum absolute atomic E-state index is 0.0244. The van der Waals surface area contributed by atoms with Gasteiger partial charge in [-0.05, 0) is 34.5 Å². The molecular formula is C10H9BrN4O. The molecule has 0 radical (unpaired) electrons. The van der Waals surface area contributed by atoms with Crippen molar-refractivity contribution in [3.63, 3.8) is 0 Å². The number of amides is 1. The predicted octanol–water partition coefficient (Wildman–Crippen LogP) is 1.34. The highest BCUT2D eigenvalue weighted by Crippen LogP contribution is 2.21. The Bertz CT molecular complexity index is 561. The van der Waals surface area contributed by atoms with Crippen molar-refractivity contribution in [2.45, 2.75) is 6.42 Å². The lowest BCUT2D eigenvalue weighted by atomic mass is 10.2. The standard InChI is InChI=1S/C10H9BrN4O/c11-9-8(10(16)14-5-2-6-14)13-7-3-1-4-12-15(7)9/h1,3-4H,2,5-6H2. The van der Waals surface area contributed by atoms with Gasteiger partial charge >= 0.3 is 0 Å². The van der Waals surface area contributed by atoms with E-state index in [0.29, 0.717) is 15.9 Å². The molecule has 82 valence electrons. The number of halogens is 1. The molecule has 0 bridgehead atoms. The van der Waals surface area contributed by atoms with Crippen LogP contribution in [-0.2, 0) is 0 Å². The quantitative estimate of drug-likeness (QED) is 0.792. The van der Waals surface area contributed by atoms with Crippen molar-refractivity contribution in [3.8, 4) is 0 Å². The number of fused-ring (bicyclic) bond motifs is 1. The van der Waals surface area contributed by atoms with E-state index in [1.807, 2.05) is 6.07 Å². The van der Waals surface area contributed by atoms with Crippen LogP contribution < -0.4 is 0 Å². The summed E-state index contributed by atoms with van der Waals surface area (Å²) in [5.41, 5.74) is 1.12. The predicted molar refractivity (Wildman–Crippen MR) is 61.2 cm³/mol. The highest BCUT2D eigenvalue weighted by molar-refractivity contribution is 9.10. The van der Waals surface area contributed by atoms with Crippen molar-refractivity contribution in [1.82, 2.24) is 19.5 Å². The Kier molecular flexibility index (Phi) is 2.17. The largest absolute Gasteiger partial charge is 0.337 e. The lowest BCUT2D eigenvalue weighted by molar-refractivity contribution is 0.0645. The maximum absolute atomic E-state index is 12.0. The van der Waals surface area contributed by atoms with Crippen LogP contribution in [0.25, 0.3) is 5.65 Å². The average Bonchev–Trinajstić information content (AvgIpc) is 2.54. The van der Waals surface area contributed by atoms with Gasteiger partial charge in [0.2, 0.25) is 0 Å². The van der Waals surface area contributed by atoms with E-state index in [-0.39, 0.29) is 5.91 Å². The SMILES string of the molecule is O=C(c1nc2cccnn2c1Br)N1CCC1. The number of aromatic nitrogens is 3. The first kappa shape index (κ1) is 9.77. The fourth-order valence-electron chi connectivity index (χ4n) is 1.67. The molecule has 1 aliphatic rings. The second-order valence-electron chi connectivity index (χ2n) is 3.69. The van der Waals surface area contributed by atoms with Crippen molar-refractivity contribution >= 4 is 27.5 Å². The van der Waals surface area contributed by atoms with Crippen molar-refractivity contribution in [2.75, 3.05) is 13.1 Å². The fourth-order valence-corrected chi connectivity index (χ4v) is 2.20. The second kappa shape index (κ2) is 3.55. The third kappa shape index (κ3) is 1.33. The number of hydrogen-bond acceptors (Lipinski definition) is 3. The van der Waals surface area contributed by atoms with Crippen LogP contribution in [0.3, 0.4) is 0 Å². The molecule has 0 aromatic carbocycles. The number of rotatable bonds is 1. The smallest absolute Gasteiger partial charge is 0.275 e. The van der Waals surface area contributed by atoms with E-state index in [2.05, 4.69) is 26.0 Å². The number of hydrogen-bond donors (Lipinski definition) is 0. The Balaban J connectivity index is 2.09. The Morgan fingerprint density at radius 3 is 2.88 bits per heavy atom. The lowest BCUT2D eigenvalue weighted by Gasteiger charge is -2.30. The Morgan fingerprint density at radius 2 is 2.25 bits per heavy atom. The summed E-state index contributed by atoms with van der Waals surface area (Å²) in [5, 5.41) is 4.12. The van der Waals surface area contributed by atoms with Gasteiger partial charge in [-0.3, -0.25) is 4.79 Å². The van der Waals surface area contributed by atoms with Crippen LogP contribution in [0, 0.1) is 0 Å². The molecule has 5 nitrogen and oxygen atoms in total. The molecule has 0 N–H and O–H groups in total. The van der Waals surface area contributed by atoms with Gasteiger partial charge in [0, 0.05) is 19.3 Å². The van der Waals surface area contributed by atoms with Crippen molar-refractivity contribution in [1.29, 1.82) is 0 Å². The lowest BCUT2D eigenvalue weighted by Crippen LogP contribution is -2.42. The van der Waals surface area contributed by atoms with Crippen LogP contribution in [0.4, 0.5) is 0 Å². The molecule has 0 spiro atoms. The van der Waals surface area contributed by atoms with Gasteiger partial charge in [-0.2, -0.15) is 5.10 Å². The van der Waals surface area contributed by atoms with Gasteiger partial charge < -0.3 is 4.90 Å². The van der Waals surface area contributed by atoms with Crippen LogP contribution in [-0.4, -0.2) is 38.5 Å². The summed E-state index contributed by atoms with van der Waals surface area (Å²) in [6.45, 7) is 1.65. The third-order valence-corrected chi connectivity index (χ3v) is 3.40. The molecule has 0 aliphatic carbocycles. The van der Waals surface area contributed by atoms with Gasteiger partial charge in [-0.1, -0.05) is 0 Å². The molecule has 1 fully saturated rings. The van der Waals surface area contributed by atoms with E-state index in [0.717, 1.165) is 19.5 Å². The number of nitrogens with zero attached hydrogens (tertiary/aromatic N) is 4. The Morgan fingerprint density at radius 1 is 1.44 bits per heavy atom. The highest BCUT2D eigenvalue weighted by Gasteiger charge is 2.26. The minimum Gasteiger partial charge on any atom is -0.337 e.